The van der Waals surface area contributed by atoms with Gasteiger partial charge in [-0.05, 0) is 86.2 Å². The maximum Gasteiger partial charge on any atom is 0.308 e. The molecular weight excluding hydrogens is 611 g/mol. The summed E-state index contributed by atoms with van der Waals surface area (Å²) < 4.78 is 17.5. The predicted octanol–water partition coefficient (Wildman–Crippen LogP) is 6.79. The molecule has 1 N–H and O–H groups in total. The molecule has 4 rings (SSSR count). The number of benzene rings is 1. The number of hydrogen-bond donors (Lipinski definition) is 1. The number of amides is 2. The number of fused-ring (bicyclic) bond motifs is 1. The zero-order chi connectivity index (χ0) is 34.7. The molecule has 2 aliphatic carbocycles. The van der Waals surface area contributed by atoms with Crippen LogP contribution in [0.2, 0.25) is 19.6 Å². The van der Waals surface area contributed by atoms with E-state index < -0.39 is 31.9 Å². The number of carbonyl (C=O) groups excluding carboxylic acids is 3. The van der Waals surface area contributed by atoms with Crippen molar-refractivity contribution in [2.24, 2.45) is 47.3 Å². The molecule has 10 atom stereocenters. The van der Waals surface area contributed by atoms with E-state index in [-0.39, 0.29) is 59.8 Å². The van der Waals surface area contributed by atoms with Gasteiger partial charge in [-0.25, -0.2) is 0 Å². The third-order valence-electron chi connectivity index (χ3n) is 10.8. The number of imide groups is 1. The van der Waals surface area contributed by atoms with Crippen LogP contribution in [0.25, 0.3) is 0 Å². The first-order valence-electron chi connectivity index (χ1n) is 17.5. The zero-order valence-corrected chi connectivity index (χ0v) is 30.7. The van der Waals surface area contributed by atoms with Gasteiger partial charge in [0.05, 0.1) is 50.2 Å². The number of carbonyl (C=O) groups is 3. The fourth-order valence-electron chi connectivity index (χ4n) is 8.89. The second-order valence-corrected chi connectivity index (χ2v) is 19.6. The van der Waals surface area contributed by atoms with Crippen molar-refractivity contribution in [1.82, 2.24) is 4.90 Å². The molecule has 2 fully saturated rings. The Hall–Kier alpha value is -2.75. The summed E-state index contributed by atoms with van der Waals surface area (Å²) in [4.78, 5) is 43.1. The molecule has 4 unspecified atom stereocenters. The number of allylic oxidation sites excluding steroid dienone is 2. The van der Waals surface area contributed by atoms with Crippen LogP contribution in [0.5, 0.6) is 5.75 Å². The number of ether oxygens (including phenoxy) is 2. The first-order valence-corrected chi connectivity index (χ1v) is 20.9. The monoisotopic (exact) mass is 667 g/mol. The summed E-state index contributed by atoms with van der Waals surface area (Å²) in [5.74, 6) is -2.94. The van der Waals surface area contributed by atoms with Crippen LogP contribution in [0.15, 0.2) is 49.1 Å². The van der Waals surface area contributed by atoms with E-state index in [9.17, 15) is 19.5 Å². The Labute approximate surface area is 283 Å². The van der Waals surface area contributed by atoms with E-state index in [1.807, 2.05) is 30.3 Å². The van der Waals surface area contributed by atoms with Crippen molar-refractivity contribution >= 4 is 26.1 Å². The Morgan fingerprint density at radius 3 is 2.34 bits per heavy atom. The number of nitrogens with zero attached hydrogens (tertiary/aromatic N) is 1. The SMILES string of the molecule is C=CC(CCCCC)C1C(=O)N(Cc2ccc(OC)cc2)C(=O)C1C(O)[C@@H]1[C@H]2[C@H](C)C[C@H](C(=O)OC)C[C@]2(O[Si](C)(C)C)C=C[C@@H]1C. The highest BCUT2D eigenvalue weighted by Gasteiger charge is 2.61. The second kappa shape index (κ2) is 15.2. The van der Waals surface area contributed by atoms with Crippen LogP contribution in [0.3, 0.4) is 0 Å². The lowest BCUT2D eigenvalue weighted by Gasteiger charge is -2.57. The Morgan fingerprint density at radius 1 is 1.11 bits per heavy atom. The van der Waals surface area contributed by atoms with Gasteiger partial charge in [0.2, 0.25) is 11.8 Å². The quantitative estimate of drug-likeness (QED) is 0.0767. The summed E-state index contributed by atoms with van der Waals surface area (Å²) in [7, 11) is 0.860. The number of rotatable bonds is 14. The minimum Gasteiger partial charge on any atom is -0.497 e. The van der Waals surface area contributed by atoms with Gasteiger partial charge in [0.25, 0.3) is 0 Å². The number of likely N-dealkylation sites (tertiary alicyclic amines) is 1. The van der Waals surface area contributed by atoms with Crippen molar-refractivity contribution in [2.75, 3.05) is 14.2 Å². The van der Waals surface area contributed by atoms with Crippen molar-refractivity contribution < 1.29 is 33.4 Å². The lowest BCUT2D eigenvalue weighted by Crippen LogP contribution is -2.61. The molecule has 1 saturated carbocycles. The molecule has 1 heterocycles. The number of aliphatic hydroxyl groups is 1. The van der Waals surface area contributed by atoms with E-state index in [1.54, 1.807) is 7.11 Å². The van der Waals surface area contributed by atoms with Crippen molar-refractivity contribution in [3.8, 4) is 5.75 Å². The Bertz CT molecular complexity index is 1310. The van der Waals surface area contributed by atoms with Crippen molar-refractivity contribution in [3.63, 3.8) is 0 Å². The molecule has 260 valence electrons. The average Bonchev–Trinajstić information content (AvgIpc) is 3.27. The van der Waals surface area contributed by atoms with Gasteiger partial charge >= 0.3 is 5.97 Å². The number of esters is 1. The number of methoxy groups -OCH3 is 2. The topological polar surface area (TPSA) is 102 Å². The minimum atomic E-state index is -2.16. The first kappa shape index (κ1) is 37.1. The molecular formula is C38H57NO7Si. The van der Waals surface area contributed by atoms with E-state index in [2.05, 4.69) is 59.1 Å². The molecule has 47 heavy (non-hydrogen) atoms. The van der Waals surface area contributed by atoms with Crippen LogP contribution < -0.4 is 4.74 Å². The third kappa shape index (κ3) is 7.78. The van der Waals surface area contributed by atoms with Crippen molar-refractivity contribution in [2.45, 2.75) is 97.2 Å². The van der Waals surface area contributed by atoms with Crippen LogP contribution in [0.4, 0.5) is 0 Å². The Balaban J connectivity index is 1.77. The van der Waals surface area contributed by atoms with Crippen LogP contribution in [0, 0.1) is 47.3 Å². The average molecular weight is 668 g/mol. The summed E-state index contributed by atoms with van der Waals surface area (Å²) in [5, 5.41) is 12.6. The van der Waals surface area contributed by atoms with E-state index in [0.29, 0.717) is 18.6 Å². The largest absolute Gasteiger partial charge is 0.497 e. The molecule has 0 aromatic heterocycles. The van der Waals surface area contributed by atoms with Crippen LogP contribution in [0.1, 0.15) is 64.9 Å². The molecule has 3 aliphatic rings. The van der Waals surface area contributed by atoms with Gasteiger partial charge in [-0.1, -0.05) is 70.4 Å². The van der Waals surface area contributed by atoms with Gasteiger partial charge in [0.1, 0.15) is 5.75 Å². The van der Waals surface area contributed by atoms with E-state index in [4.69, 9.17) is 13.9 Å². The standard InChI is InChI=1S/C38H57NO7Si/c1-10-12-13-14-27(11-2)31-32(36(42)39(35(31)41)23-26-15-17-29(44-5)18-16-26)34(40)30-24(3)19-20-38(46-47(7,8)9)22-28(37(43)45-6)21-25(4)33(30)38/h11,15-20,24-25,27-28,30-34,40H,2,10,12-14,21-23H2,1,3-9H3/t24-,25+,27?,28-,30-,31?,32?,33+,34?,38+/m0/s1. The molecule has 0 spiro atoms. The second-order valence-electron chi connectivity index (χ2n) is 15.2. The first-order chi connectivity index (χ1) is 22.2. The zero-order valence-electron chi connectivity index (χ0n) is 29.7. The summed E-state index contributed by atoms with van der Waals surface area (Å²) >= 11 is 0. The van der Waals surface area contributed by atoms with Gasteiger partial charge in [-0.3, -0.25) is 19.3 Å². The van der Waals surface area contributed by atoms with Gasteiger partial charge in [0, 0.05) is 0 Å². The molecule has 1 aromatic carbocycles. The molecule has 8 nitrogen and oxygen atoms in total. The van der Waals surface area contributed by atoms with Gasteiger partial charge in [-0.15, -0.1) is 6.58 Å². The summed E-state index contributed by atoms with van der Waals surface area (Å²) in [6.45, 7) is 17.0. The maximum atomic E-state index is 14.5. The fourth-order valence-corrected chi connectivity index (χ4v) is 10.3. The molecule has 2 amide bonds. The van der Waals surface area contributed by atoms with Crippen LogP contribution in [-0.4, -0.2) is 62.0 Å². The number of hydrogen-bond acceptors (Lipinski definition) is 7. The van der Waals surface area contributed by atoms with Crippen LogP contribution >= 0.6 is 0 Å². The predicted molar refractivity (Wildman–Crippen MR) is 186 cm³/mol. The van der Waals surface area contributed by atoms with Crippen molar-refractivity contribution in [1.29, 1.82) is 0 Å². The Kier molecular flexibility index (Phi) is 12.0. The molecule has 1 saturated heterocycles. The van der Waals surface area contributed by atoms with E-state index in [1.165, 1.54) is 12.0 Å². The highest BCUT2D eigenvalue weighted by atomic mass is 28.4. The number of unbranched alkanes of at least 4 members (excludes halogenated alkanes) is 2. The summed E-state index contributed by atoms with van der Waals surface area (Å²) in [6.07, 6.45) is 9.69. The molecule has 1 aromatic rings. The smallest absolute Gasteiger partial charge is 0.308 e. The van der Waals surface area contributed by atoms with Crippen LogP contribution in [-0.2, 0) is 30.1 Å². The van der Waals surface area contributed by atoms with E-state index >= 15 is 0 Å². The molecule has 0 bridgehead atoms. The number of aliphatic hydroxyl groups excluding tert-OH is 1. The normalized spacial score (nSPS) is 32.1. The highest BCUT2D eigenvalue weighted by Crippen LogP contribution is 2.56. The summed E-state index contributed by atoms with van der Waals surface area (Å²) in [5.41, 5.74) is 0.0241. The fraction of sp³-hybridized carbons (Fsp3) is 0.658. The minimum absolute atomic E-state index is 0.00272. The van der Waals surface area contributed by atoms with Gasteiger partial charge in [0.15, 0.2) is 8.32 Å². The lowest BCUT2D eigenvalue weighted by molar-refractivity contribution is -0.161. The maximum absolute atomic E-state index is 14.5. The van der Waals surface area contributed by atoms with Gasteiger partial charge in [-0.2, -0.15) is 0 Å². The molecule has 9 heteroatoms. The summed E-state index contributed by atoms with van der Waals surface area (Å²) in [6, 6.07) is 7.37. The highest BCUT2D eigenvalue weighted by molar-refractivity contribution is 6.69. The van der Waals surface area contributed by atoms with Gasteiger partial charge < -0.3 is 19.0 Å². The lowest BCUT2D eigenvalue weighted by atomic mass is 9.54. The molecule has 0 radical (unpaired) electrons. The third-order valence-corrected chi connectivity index (χ3v) is 11.8. The van der Waals surface area contributed by atoms with E-state index in [0.717, 1.165) is 31.2 Å². The molecule has 1 aliphatic heterocycles. The Morgan fingerprint density at radius 2 is 1.77 bits per heavy atom. The van der Waals surface area contributed by atoms with Crippen molar-refractivity contribution in [3.05, 3.63) is 54.6 Å².